The Kier molecular flexibility index (Phi) is 6.50. The van der Waals surface area contributed by atoms with Gasteiger partial charge in [-0.1, -0.05) is 18.2 Å². The van der Waals surface area contributed by atoms with E-state index in [1.807, 2.05) is 24.3 Å². The minimum absolute atomic E-state index is 0.0776. The number of benzene rings is 2. The van der Waals surface area contributed by atoms with Gasteiger partial charge in [0, 0.05) is 18.3 Å². The molecule has 0 aliphatic heterocycles. The van der Waals surface area contributed by atoms with E-state index >= 15 is 0 Å². The quantitative estimate of drug-likeness (QED) is 0.729. The summed E-state index contributed by atoms with van der Waals surface area (Å²) in [5, 5.41) is 5.15. The molecule has 0 heterocycles. The molecular weight excluding hydrogens is 354 g/mol. The number of methoxy groups -OCH3 is 1. The Morgan fingerprint density at radius 1 is 1.04 bits per heavy atom. The lowest BCUT2D eigenvalue weighted by Gasteiger charge is -2.23. The lowest BCUT2D eigenvalue weighted by molar-refractivity contribution is -0.138. The summed E-state index contributed by atoms with van der Waals surface area (Å²) in [7, 11) is 1.57. The molecule has 2 rings (SSSR count). The summed E-state index contributed by atoms with van der Waals surface area (Å²) in [6, 6.07) is 10.5. The standard InChI is InChI=1S/C20H22F2N2O3/c1-20(2,19(26)24-14-8-9-15(21)16(22)12-14)18(25)23-11-10-13-6-4-5-7-17(13)27-3/h4-9,12H,10-11H2,1-3H3,(H,23,25)(H,24,26). The Bertz CT molecular complexity index is 838. The lowest BCUT2D eigenvalue weighted by atomic mass is 9.90. The van der Waals surface area contributed by atoms with Gasteiger partial charge in [0.2, 0.25) is 11.8 Å². The monoisotopic (exact) mass is 376 g/mol. The first-order chi connectivity index (χ1) is 12.8. The van der Waals surface area contributed by atoms with Crippen LogP contribution in [0.3, 0.4) is 0 Å². The Morgan fingerprint density at radius 2 is 1.74 bits per heavy atom. The first-order valence-electron chi connectivity index (χ1n) is 8.42. The number of hydrogen-bond donors (Lipinski definition) is 2. The van der Waals surface area contributed by atoms with E-state index < -0.39 is 28.9 Å². The molecule has 0 unspecified atom stereocenters. The van der Waals surface area contributed by atoms with Crippen LogP contribution in [0.25, 0.3) is 0 Å². The number of carbonyl (C=O) groups is 2. The number of rotatable bonds is 7. The summed E-state index contributed by atoms with van der Waals surface area (Å²) in [6.45, 7) is 3.24. The van der Waals surface area contributed by atoms with Crippen LogP contribution in [-0.2, 0) is 16.0 Å². The maximum absolute atomic E-state index is 13.3. The Hall–Kier alpha value is -2.96. The Morgan fingerprint density at radius 3 is 2.41 bits per heavy atom. The summed E-state index contributed by atoms with van der Waals surface area (Å²) < 4.78 is 31.5. The highest BCUT2D eigenvalue weighted by molar-refractivity contribution is 6.09. The molecule has 144 valence electrons. The average Bonchev–Trinajstić information content (AvgIpc) is 2.64. The molecule has 2 aromatic rings. The highest BCUT2D eigenvalue weighted by atomic mass is 19.2. The number of carbonyl (C=O) groups excluding carboxylic acids is 2. The molecule has 7 heteroatoms. The smallest absolute Gasteiger partial charge is 0.239 e. The van der Waals surface area contributed by atoms with Crippen molar-refractivity contribution in [2.24, 2.45) is 5.41 Å². The van der Waals surface area contributed by atoms with E-state index in [0.717, 1.165) is 23.4 Å². The molecule has 0 aliphatic carbocycles. The van der Waals surface area contributed by atoms with Crippen LogP contribution in [0.15, 0.2) is 42.5 Å². The minimum Gasteiger partial charge on any atom is -0.496 e. The van der Waals surface area contributed by atoms with Gasteiger partial charge >= 0.3 is 0 Å². The van der Waals surface area contributed by atoms with Gasteiger partial charge in [0.15, 0.2) is 11.6 Å². The normalized spacial score (nSPS) is 11.0. The van der Waals surface area contributed by atoms with Gasteiger partial charge in [-0.2, -0.15) is 0 Å². The number of nitrogens with one attached hydrogen (secondary N) is 2. The van der Waals surface area contributed by atoms with Crippen LogP contribution in [0.5, 0.6) is 5.75 Å². The summed E-state index contributed by atoms with van der Waals surface area (Å²) in [5.74, 6) is -2.46. The van der Waals surface area contributed by atoms with Crippen LogP contribution in [0.4, 0.5) is 14.5 Å². The van der Waals surface area contributed by atoms with Crippen LogP contribution in [0.1, 0.15) is 19.4 Å². The maximum atomic E-state index is 13.3. The Balaban J connectivity index is 1.95. The van der Waals surface area contributed by atoms with Crippen molar-refractivity contribution in [3.05, 3.63) is 59.7 Å². The fraction of sp³-hybridized carbons (Fsp3) is 0.300. The fourth-order valence-electron chi connectivity index (χ4n) is 2.41. The van der Waals surface area contributed by atoms with Crippen LogP contribution in [-0.4, -0.2) is 25.5 Å². The lowest BCUT2D eigenvalue weighted by Crippen LogP contribution is -2.45. The van der Waals surface area contributed by atoms with Crippen LogP contribution in [0, 0.1) is 17.0 Å². The number of para-hydroxylation sites is 1. The van der Waals surface area contributed by atoms with E-state index in [9.17, 15) is 18.4 Å². The number of amides is 2. The zero-order valence-corrected chi connectivity index (χ0v) is 15.4. The van der Waals surface area contributed by atoms with Crippen molar-refractivity contribution in [2.75, 3.05) is 19.0 Å². The predicted octanol–water partition coefficient (Wildman–Crippen LogP) is 3.30. The van der Waals surface area contributed by atoms with Crippen molar-refractivity contribution in [2.45, 2.75) is 20.3 Å². The minimum atomic E-state index is -1.40. The zero-order valence-electron chi connectivity index (χ0n) is 15.4. The molecule has 0 aromatic heterocycles. The second-order valence-electron chi connectivity index (χ2n) is 6.53. The van der Waals surface area contributed by atoms with Gasteiger partial charge in [0.1, 0.15) is 11.2 Å². The highest BCUT2D eigenvalue weighted by Crippen LogP contribution is 2.21. The molecule has 27 heavy (non-hydrogen) atoms. The summed E-state index contributed by atoms with van der Waals surface area (Å²) >= 11 is 0. The van der Waals surface area contributed by atoms with Crippen LogP contribution < -0.4 is 15.4 Å². The molecule has 5 nitrogen and oxygen atoms in total. The van der Waals surface area contributed by atoms with Gasteiger partial charge in [-0.3, -0.25) is 9.59 Å². The van der Waals surface area contributed by atoms with Crippen molar-refractivity contribution in [3.63, 3.8) is 0 Å². The Labute approximate surface area is 156 Å². The second-order valence-corrected chi connectivity index (χ2v) is 6.53. The molecule has 0 spiro atoms. The largest absolute Gasteiger partial charge is 0.496 e. The SMILES string of the molecule is COc1ccccc1CCNC(=O)C(C)(C)C(=O)Nc1ccc(F)c(F)c1. The van der Waals surface area contributed by atoms with Crippen LogP contribution in [0.2, 0.25) is 0 Å². The van der Waals surface area contributed by atoms with E-state index in [0.29, 0.717) is 13.0 Å². The van der Waals surface area contributed by atoms with Crippen LogP contribution >= 0.6 is 0 Å². The summed E-state index contributed by atoms with van der Waals surface area (Å²) in [5.41, 5.74) is -0.385. The molecule has 0 saturated heterocycles. The van der Waals surface area contributed by atoms with Gasteiger partial charge in [-0.25, -0.2) is 8.78 Å². The third-order valence-corrected chi connectivity index (χ3v) is 4.19. The summed E-state index contributed by atoms with van der Waals surface area (Å²) in [6.07, 6.45) is 0.538. The molecule has 2 N–H and O–H groups in total. The van der Waals surface area contributed by atoms with E-state index in [1.54, 1.807) is 7.11 Å². The zero-order chi connectivity index (χ0) is 20.0. The molecule has 0 saturated carbocycles. The molecule has 0 bridgehead atoms. The molecule has 0 aliphatic rings. The molecule has 0 fully saturated rings. The molecule has 2 aromatic carbocycles. The molecule has 0 atom stereocenters. The topological polar surface area (TPSA) is 67.4 Å². The number of ether oxygens (including phenoxy) is 1. The van der Waals surface area contributed by atoms with E-state index in [-0.39, 0.29) is 5.69 Å². The van der Waals surface area contributed by atoms with E-state index in [1.165, 1.54) is 19.9 Å². The van der Waals surface area contributed by atoms with E-state index in [2.05, 4.69) is 10.6 Å². The van der Waals surface area contributed by atoms with Gasteiger partial charge in [-0.15, -0.1) is 0 Å². The van der Waals surface area contributed by atoms with Gasteiger partial charge in [-0.05, 0) is 44.0 Å². The first kappa shape index (κ1) is 20.4. The summed E-state index contributed by atoms with van der Waals surface area (Å²) in [4.78, 5) is 24.8. The predicted molar refractivity (Wildman–Crippen MR) is 98.5 cm³/mol. The van der Waals surface area contributed by atoms with Crippen molar-refractivity contribution in [1.82, 2.24) is 5.32 Å². The third kappa shape index (κ3) is 5.03. The van der Waals surface area contributed by atoms with Gasteiger partial charge < -0.3 is 15.4 Å². The maximum Gasteiger partial charge on any atom is 0.239 e. The van der Waals surface area contributed by atoms with E-state index in [4.69, 9.17) is 4.74 Å². The van der Waals surface area contributed by atoms with Crippen molar-refractivity contribution >= 4 is 17.5 Å². The number of hydrogen-bond acceptors (Lipinski definition) is 3. The van der Waals surface area contributed by atoms with Gasteiger partial charge in [0.05, 0.1) is 7.11 Å². The highest BCUT2D eigenvalue weighted by Gasteiger charge is 2.36. The average molecular weight is 376 g/mol. The molecule has 0 radical (unpaired) electrons. The van der Waals surface area contributed by atoms with Gasteiger partial charge in [0.25, 0.3) is 0 Å². The number of halogens is 2. The third-order valence-electron chi connectivity index (χ3n) is 4.19. The van der Waals surface area contributed by atoms with Crippen molar-refractivity contribution in [1.29, 1.82) is 0 Å². The van der Waals surface area contributed by atoms with Crippen molar-refractivity contribution < 1.29 is 23.1 Å². The molecule has 2 amide bonds. The fourth-order valence-corrected chi connectivity index (χ4v) is 2.41. The first-order valence-corrected chi connectivity index (χ1v) is 8.42. The number of anilines is 1. The second kappa shape index (κ2) is 8.62. The molecular formula is C20H22F2N2O3. The van der Waals surface area contributed by atoms with Crippen molar-refractivity contribution in [3.8, 4) is 5.75 Å².